The first kappa shape index (κ1) is 16.0. The van der Waals surface area contributed by atoms with Crippen molar-refractivity contribution in [2.75, 3.05) is 0 Å². The van der Waals surface area contributed by atoms with Crippen molar-refractivity contribution < 1.29 is 18.3 Å². The molecule has 3 atom stereocenters. The molecule has 0 unspecified atom stereocenters. The molecule has 0 amide bonds. The molecule has 1 saturated carbocycles. The van der Waals surface area contributed by atoms with Gasteiger partial charge in [0.15, 0.2) is 9.84 Å². The van der Waals surface area contributed by atoms with Crippen LogP contribution in [0.2, 0.25) is 5.02 Å². The molecule has 0 spiro atoms. The van der Waals surface area contributed by atoms with E-state index >= 15 is 0 Å². The highest BCUT2D eigenvalue weighted by molar-refractivity contribution is 7.92. The smallest absolute Gasteiger partial charge is 0.325 e. The third-order valence-electron chi connectivity index (χ3n) is 4.18. The van der Waals surface area contributed by atoms with Crippen LogP contribution in [0.3, 0.4) is 0 Å². The zero-order valence-electron chi connectivity index (χ0n) is 11.9. The molecule has 7 heteroatoms. The van der Waals surface area contributed by atoms with Gasteiger partial charge in [-0.2, -0.15) is 0 Å². The van der Waals surface area contributed by atoms with E-state index in [1.165, 1.54) is 12.1 Å². The molecule has 0 saturated heterocycles. The topological polar surface area (TPSA) is 97.5 Å². The number of aliphatic carboxylic acids is 1. The second-order valence-electron chi connectivity index (χ2n) is 5.55. The standard InChI is InChI=1S/C16H14ClNO4S/c17-11-8-6-10(7-9-11)13-14(16(13,18)15(19)20)23(21,22)12-4-2-1-3-5-12/h1-9,13-14H,18H2,(H,19,20)/t13-,14-,16-/m0/s1. The van der Waals surface area contributed by atoms with E-state index in [0.717, 1.165) is 0 Å². The van der Waals surface area contributed by atoms with Gasteiger partial charge in [0, 0.05) is 10.9 Å². The average molecular weight is 352 g/mol. The van der Waals surface area contributed by atoms with Gasteiger partial charge < -0.3 is 10.8 Å². The van der Waals surface area contributed by atoms with Gasteiger partial charge in [0.1, 0.15) is 10.8 Å². The molecule has 0 bridgehead atoms. The normalized spacial score (nSPS) is 26.7. The van der Waals surface area contributed by atoms with Crippen LogP contribution in [0.4, 0.5) is 0 Å². The van der Waals surface area contributed by atoms with Gasteiger partial charge in [-0.25, -0.2) is 8.42 Å². The van der Waals surface area contributed by atoms with Gasteiger partial charge in [0.2, 0.25) is 0 Å². The molecule has 0 heterocycles. The van der Waals surface area contributed by atoms with Crippen LogP contribution in [-0.4, -0.2) is 30.3 Å². The lowest BCUT2D eigenvalue weighted by Crippen LogP contribution is -2.39. The van der Waals surface area contributed by atoms with Crippen molar-refractivity contribution in [1.29, 1.82) is 0 Å². The second kappa shape index (κ2) is 5.33. The van der Waals surface area contributed by atoms with E-state index in [0.29, 0.717) is 10.6 Å². The maximum Gasteiger partial charge on any atom is 0.325 e. The summed E-state index contributed by atoms with van der Waals surface area (Å²) < 4.78 is 25.6. The third kappa shape index (κ3) is 2.43. The molecular weight excluding hydrogens is 338 g/mol. The third-order valence-corrected chi connectivity index (χ3v) is 6.70. The van der Waals surface area contributed by atoms with Gasteiger partial charge in [0.05, 0.1) is 4.90 Å². The molecule has 1 fully saturated rings. The molecule has 3 rings (SSSR count). The number of carboxylic acids is 1. The van der Waals surface area contributed by atoms with Crippen molar-refractivity contribution in [2.24, 2.45) is 5.73 Å². The molecule has 3 N–H and O–H groups in total. The number of rotatable bonds is 4. The van der Waals surface area contributed by atoms with E-state index < -0.39 is 32.5 Å². The quantitative estimate of drug-likeness (QED) is 0.878. The van der Waals surface area contributed by atoms with E-state index in [9.17, 15) is 18.3 Å². The van der Waals surface area contributed by atoms with E-state index in [4.69, 9.17) is 17.3 Å². The first-order valence-electron chi connectivity index (χ1n) is 6.86. The van der Waals surface area contributed by atoms with Crippen LogP contribution in [0.5, 0.6) is 0 Å². The summed E-state index contributed by atoms with van der Waals surface area (Å²) in [7, 11) is -3.86. The van der Waals surface area contributed by atoms with Gasteiger partial charge in [-0.1, -0.05) is 41.9 Å². The molecule has 0 radical (unpaired) electrons. The molecule has 2 aromatic rings. The molecule has 5 nitrogen and oxygen atoms in total. The zero-order chi connectivity index (χ0) is 16.8. The average Bonchev–Trinajstić information content (AvgIpc) is 3.18. The molecule has 120 valence electrons. The molecule has 1 aliphatic carbocycles. The van der Waals surface area contributed by atoms with E-state index in [1.54, 1.807) is 42.5 Å². The maximum atomic E-state index is 12.8. The van der Waals surface area contributed by atoms with Crippen LogP contribution < -0.4 is 5.73 Å². The van der Waals surface area contributed by atoms with Gasteiger partial charge in [0.25, 0.3) is 0 Å². The fourth-order valence-electron chi connectivity index (χ4n) is 2.94. The van der Waals surface area contributed by atoms with Gasteiger partial charge in [-0.05, 0) is 29.8 Å². The Bertz CT molecular complexity index is 851. The Hall–Kier alpha value is -1.89. The van der Waals surface area contributed by atoms with Crippen molar-refractivity contribution in [1.82, 2.24) is 0 Å². The SMILES string of the molecule is N[C@@]1(C(=O)O)[C@@H](c2ccc(Cl)cc2)[C@@H]1S(=O)(=O)c1ccccc1. The summed E-state index contributed by atoms with van der Waals surface area (Å²) in [4.78, 5) is 11.7. The number of carboxylic acid groups (broad SMARTS) is 1. The molecule has 0 aliphatic heterocycles. The second-order valence-corrected chi connectivity index (χ2v) is 8.05. The van der Waals surface area contributed by atoms with Crippen LogP contribution >= 0.6 is 11.6 Å². The predicted molar refractivity (Wildman–Crippen MR) is 86.2 cm³/mol. The monoisotopic (exact) mass is 351 g/mol. The number of hydrogen-bond donors (Lipinski definition) is 2. The Morgan fingerprint density at radius 2 is 1.65 bits per heavy atom. The van der Waals surface area contributed by atoms with Crippen molar-refractivity contribution in [3.63, 3.8) is 0 Å². The summed E-state index contributed by atoms with van der Waals surface area (Å²) in [5.74, 6) is -2.15. The number of carbonyl (C=O) groups is 1. The number of halogens is 1. The van der Waals surface area contributed by atoms with E-state index in [2.05, 4.69) is 0 Å². The molecule has 23 heavy (non-hydrogen) atoms. The minimum Gasteiger partial charge on any atom is -0.480 e. The van der Waals surface area contributed by atoms with Crippen molar-refractivity contribution in [3.05, 3.63) is 65.2 Å². The van der Waals surface area contributed by atoms with Crippen molar-refractivity contribution >= 4 is 27.4 Å². The van der Waals surface area contributed by atoms with Gasteiger partial charge in [-0.15, -0.1) is 0 Å². The fraction of sp³-hybridized carbons (Fsp3) is 0.188. The lowest BCUT2D eigenvalue weighted by molar-refractivity contribution is -0.139. The molecule has 0 aromatic heterocycles. The predicted octanol–water partition coefficient (Wildman–Crippen LogP) is 2.06. The summed E-state index contributed by atoms with van der Waals surface area (Å²) in [6, 6.07) is 14.1. The Balaban J connectivity index is 2.07. The number of nitrogens with two attached hydrogens (primary N) is 1. The van der Waals surface area contributed by atoms with Crippen molar-refractivity contribution in [2.45, 2.75) is 21.6 Å². The van der Waals surface area contributed by atoms with Crippen LogP contribution in [0.15, 0.2) is 59.5 Å². The van der Waals surface area contributed by atoms with Crippen LogP contribution in [0.25, 0.3) is 0 Å². The number of benzene rings is 2. The Kier molecular flexibility index (Phi) is 3.71. The van der Waals surface area contributed by atoms with Crippen LogP contribution in [0, 0.1) is 0 Å². The van der Waals surface area contributed by atoms with E-state index in [1.807, 2.05) is 0 Å². The largest absolute Gasteiger partial charge is 0.480 e. The number of sulfone groups is 1. The lowest BCUT2D eigenvalue weighted by atomic mass is 10.1. The number of hydrogen-bond acceptors (Lipinski definition) is 4. The Morgan fingerprint density at radius 1 is 1.09 bits per heavy atom. The van der Waals surface area contributed by atoms with Gasteiger partial charge >= 0.3 is 5.97 Å². The lowest BCUT2D eigenvalue weighted by Gasteiger charge is -2.06. The summed E-state index contributed by atoms with van der Waals surface area (Å²) in [6.45, 7) is 0. The van der Waals surface area contributed by atoms with E-state index in [-0.39, 0.29) is 4.90 Å². The fourth-order valence-corrected chi connectivity index (χ4v) is 5.32. The molecule has 2 aromatic carbocycles. The zero-order valence-corrected chi connectivity index (χ0v) is 13.5. The minimum absolute atomic E-state index is 0.0672. The first-order chi connectivity index (χ1) is 10.8. The van der Waals surface area contributed by atoms with Gasteiger partial charge in [-0.3, -0.25) is 4.79 Å². The van der Waals surface area contributed by atoms with Crippen molar-refractivity contribution in [3.8, 4) is 0 Å². The molecule has 1 aliphatic rings. The first-order valence-corrected chi connectivity index (χ1v) is 8.78. The highest BCUT2D eigenvalue weighted by Crippen LogP contribution is 2.55. The maximum absolute atomic E-state index is 12.8. The summed E-state index contributed by atoms with van der Waals surface area (Å²) in [5.41, 5.74) is 4.66. The summed E-state index contributed by atoms with van der Waals surface area (Å²) in [6.07, 6.45) is 0. The summed E-state index contributed by atoms with van der Waals surface area (Å²) >= 11 is 5.83. The Labute approximate surface area is 138 Å². The van der Waals surface area contributed by atoms with Crippen LogP contribution in [-0.2, 0) is 14.6 Å². The summed E-state index contributed by atoms with van der Waals surface area (Å²) in [5, 5.41) is 8.73. The minimum atomic E-state index is -3.86. The highest BCUT2D eigenvalue weighted by Gasteiger charge is 2.74. The highest BCUT2D eigenvalue weighted by atomic mass is 35.5. The Morgan fingerprint density at radius 3 is 2.17 bits per heavy atom. The van der Waals surface area contributed by atoms with Crippen LogP contribution in [0.1, 0.15) is 11.5 Å². The molecular formula is C16H14ClNO4S.